The largest absolute Gasteiger partial charge is 0.497 e. The molecule has 1 aliphatic rings. The SMILES string of the molecule is COc1ccc(CO[C@H]2C=C[C@@H](C#Cc3ccccc3)O[C@@H]2CO)cc1. The Morgan fingerprint density at radius 1 is 1.04 bits per heavy atom. The number of aliphatic hydroxyl groups excluding tert-OH is 1. The van der Waals surface area contributed by atoms with E-state index >= 15 is 0 Å². The molecule has 0 bridgehead atoms. The van der Waals surface area contributed by atoms with Crippen molar-refractivity contribution >= 4 is 0 Å². The van der Waals surface area contributed by atoms with Gasteiger partial charge in [-0.25, -0.2) is 0 Å². The molecular weight excluding hydrogens is 328 g/mol. The summed E-state index contributed by atoms with van der Waals surface area (Å²) < 4.78 is 16.9. The maximum Gasteiger partial charge on any atom is 0.137 e. The van der Waals surface area contributed by atoms with Gasteiger partial charge < -0.3 is 19.3 Å². The molecule has 3 atom stereocenters. The Kier molecular flexibility index (Phi) is 6.45. The van der Waals surface area contributed by atoms with Crippen LogP contribution in [0.1, 0.15) is 11.1 Å². The molecule has 0 unspecified atom stereocenters. The minimum atomic E-state index is -0.437. The first kappa shape index (κ1) is 18.2. The maximum atomic E-state index is 9.63. The summed E-state index contributed by atoms with van der Waals surface area (Å²) in [6.45, 7) is 0.306. The van der Waals surface area contributed by atoms with Gasteiger partial charge in [-0.05, 0) is 35.9 Å². The summed E-state index contributed by atoms with van der Waals surface area (Å²) in [6.07, 6.45) is 2.69. The average molecular weight is 350 g/mol. The van der Waals surface area contributed by atoms with Crippen molar-refractivity contribution in [3.63, 3.8) is 0 Å². The van der Waals surface area contributed by atoms with Crippen molar-refractivity contribution in [3.8, 4) is 17.6 Å². The monoisotopic (exact) mass is 350 g/mol. The molecule has 3 rings (SSSR count). The number of rotatable bonds is 5. The maximum absolute atomic E-state index is 9.63. The number of ether oxygens (including phenoxy) is 3. The average Bonchev–Trinajstić information content (AvgIpc) is 2.72. The predicted molar refractivity (Wildman–Crippen MR) is 99.8 cm³/mol. The van der Waals surface area contributed by atoms with Crippen LogP contribution in [-0.4, -0.2) is 37.1 Å². The van der Waals surface area contributed by atoms with E-state index in [1.165, 1.54) is 0 Å². The van der Waals surface area contributed by atoms with Crippen LogP contribution in [0, 0.1) is 11.8 Å². The molecule has 0 aromatic heterocycles. The first-order valence-electron chi connectivity index (χ1n) is 8.54. The topological polar surface area (TPSA) is 47.9 Å². The van der Waals surface area contributed by atoms with Gasteiger partial charge in [-0.3, -0.25) is 0 Å². The normalized spacial score (nSPS) is 21.7. The van der Waals surface area contributed by atoms with Crippen LogP contribution in [0.15, 0.2) is 66.7 Å². The van der Waals surface area contributed by atoms with Gasteiger partial charge in [-0.2, -0.15) is 0 Å². The molecule has 0 spiro atoms. The Morgan fingerprint density at radius 2 is 1.81 bits per heavy atom. The van der Waals surface area contributed by atoms with Crippen LogP contribution in [0.4, 0.5) is 0 Å². The molecule has 1 N–H and O–H groups in total. The smallest absolute Gasteiger partial charge is 0.137 e. The summed E-state index contributed by atoms with van der Waals surface area (Å²) in [6, 6.07) is 17.4. The second kappa shape index (κ2) is 9.21. The van der Waals surface area contributed by atoms with Crippen molar-refractivity contribution in [2.75, 3.05) is 13.7 Å². The first-order chi connectivity index (χ1) is 12.8. The molecule has 0 amide bonds. The van der Waals surface area contributed by atoms with Crippen molar-refractivity contribution in [2.24, 2.45) is 0 Å². The van der Waals surface area contributed by atoms with Crippen LogP contribution in [0.3, 0.4) is 0 Å². The first-order valence-corrected chi connectivity index (χ1v) is 8.54. The second-order valence-electron chi connectivity index (χ2n) is 5.92. The van der Waals surface area contributed by atoms with Gasteiger partial charge in [0.15, 0.2) is 0 Å². The third-order valence-corrected chi connectivity index (χ3v) is 4.08. The molecule has 4 heteroatoms. The van der Waals surface area contributed by atoms with Crippen molar-refractivity contribution in [1.29, 1.82) is 0 Å². The van der Waals surface area contributed by atoms with E-state index in [1.54, 1.807) is 7.11 Å². The highest BCUT2D eigenvalue weighted by Crippen LogP contribution is 2.18. The van der Waals surface area contributed by atoms with Crippen molar-refractivity contribution in [1.82, 2.24) is 0 Å². The molecule has 2 aromatic rings. The molecule has 0 fully saturated rings. The fourth-order valence-corrected chi connectivity index (χ4v) is 2.63. The van der Waals surface area contributed by atoms with E-state index in [0.717, 1.165) is 16.9 Å². The number of hydrogen-bond donors (Lipinski definition) is 1. The lowest BCUT2D eigenvalue weighted by Gasteiger charge is -2.29. The third-order valence-electron chi connectivity index (χ3n) is 4.08. The Hall–Kier alpha value is -2.58. The van der Waals surface area contributed by atoms with Gasteiger partial charge in [0, 0.05) is 5.56 Å². The number of methoxy groups -OCH3 is 1. The van der Waals surface area contributed by atoms with Crippen molar-refractivity contribution < 1.29 is 19.3 Å². The molecule has 134 valence electrons. The summed E-state index contributed by atoms with van der Waals surface area (Å²) in [7, 11) is 1.64. The molecule has 2 aromatic carbocycles. The zero-order chi connectivity index (χ0) is 18.2. The van der Waals surface area contributed by atoms with Gasteiger partial charge in [0.2, 0.25) is 0 Å². The summed E-state index contributed by atoms with van der Waals surface area (Å²) >= 11 is 0. The molecule has 4 nitrogen and oxygen atoms in total. The summed E-state index contributed by atoms with van der Waals surface area (Å²) in [5, 5.41) is 9.63. The van der Waals surface area contributed by atoms with Crippen LogP contribution in [0.2, 0.25) is 0 Å². The van der Waals surface area contributed by atoms with E-state index in [0.29, 0.717) is 6.61 Å². The molecule has 0 saturated heterocycles. The van der Waals surface area contributed by atoms with Crippen LogP contribution in [0.5, 0.6) is 5.75 Å². The zero-order valence-corrected chi connectivity index (χ0v) is 14.7. The van der Waals surface area contributed by atoms with Crippen LogP contribution >= 0.6 is 0 Å². The second-order valence-corrected chi connectivity index (χ2v) is 5.92. The zero-order valence-electron chi connectivity index (χ0n) is 14.7. The summed E-state index contributed by atoms with van der Waals surface area (Å²) in [5.74, 6) is 6.96. The van der Waals surface area contributed by atoms with Gasteiger partial charge >= 0.3 is 0 Å². The van der Waals surface area contributed by atoms with Crippen LogP contribution in [0.25, 0.3) is 0 Å². The fraction of sp³-hybridized carbons (Fsp3) is 0.273. The van der Waals surface area contributed by atoms with E-state index in [1.807, 2.05) is 66.7 Å². The molecule has 1 aliphatic heterocycles. The Labute approximate surface area is 154 Å². The molecule has 0 saturated carbocycles. The van der Waals surface area contributed by atoms with Gasteiger partial charge in [0.05, 0.1) is 20.3 Å². The number of benzene rings is 2. The lowest BCUT2D eigenvalue weighted by molar-refractivity contribution is -0.0931. The lowest BCUT2D eigenvalue weighted by Crippen LogP contribution is -2.39. The van der Waals surface area contributed by atoms with E-state index in [4.69, 9.17) is 14.2 Å². The van der Waals surface area contributed by atoms with Crippen LogP contribution in [-0.2, 0) is 16.1 Å². The molecule has 0 aliphatic carbocycles. The lowest BCUT2D eigenvalue weighted by atomic mass is 10.1. The van der Waals surface area contributed by atoms with Crippen LogP contribution < -0.4 is 4.74 Å². The quantitative estimate of drug-likeness (QED) is 0.665. The van der Waals surface area contributed by atoms with E-state index in [2.05, 4.69) is 11.8 Å². The Balaban J connectivity index is 1.59. The molecule has 1 heterocycles. The number of aliphatic hydroxyl groups is 1. The van der Waals surface area contributed by atoms with Gasteiger partial charge in [0.25, 0.3) is 0 Å². The minimum Gasteiger partial charge on any atom is -0.497 e. The van der Waals surface area contributed by atoms with E-state index in [-0.39, 0.29) is 18.8 Å². The van der Waals surface area contributed by atoms with Crippen molar-refractivity contribution in [2.45, 2.75) is 24.9 Å². The van der Waals surface area contributed by atoms with Gasteiger partial charge in [-0.15, -0.1) is 0 Å². The molecular formula is C22H22O4. The van der Waals surface area contributed by atoms with Crippen molar-refractivity contribution in [3.05, 3.63) is 77.9 Å². The van der Waals surface area contributed by atoms with E-state index in [9.17, 15) is 5.11 Å². The Bertz CT molecular complexity index is 771. The summed E-state index contributed by atoms with van der Waals surface area (Å²) in [5.41, 5.74) is 1.96. The third kappa shape index (κ3) is 4.96. The number of hydrogen-bond acceptors (Lipinski definition) is 4. The Morgan fingerprint density at radius 3 is 2.50 bits per heavy atom. The summed E-state index contributed by atoms with van der Waals surface area (Å²) in [4.78, 5) is 0. The molecule has 0 radical (unpaired) electrons. The van der Waals surface area contributed by atoms with Gasteiger partial charge in [-0.1, -0.05) is 48.2 Å². The predicted octanol–water partition coefficient (Wildman–Crippen LogP) is 2.95. The molecule has 26 heavy (non-hydrogen) atoms. The minimum absolute atomic E-state index is 0.124. The fourth-order valence-electron chi connectivity index (χ4n) is 2.63. The van der Waals surface area contributed by atoms with E-state index < -0.39 is 6.10 Å². The standard InChI is InChI=1S/C22H22O4/c1-24-19-10-8-18(9-11-19)16-25-21-14-13-20(26-22(21)15-23)12-7-17-5-3-2-4-6-17/h2-6,8-11,13-14,20-23H,15-16H2,1H3/t20-,21+,22-/m1/s1. The van der Waals surface area contributed by atoms with Gasteiger partial charge in [0.1, 0.15) is 24.1 Å². The highest BCUT2D eigenvalue weighted by molar-refractivity contribution is 5.35. The highest BCUT2D eigenvalue weighted by atomic mass is 16.6. The highest BCUT2D eigenvalue weighted by Gasteiger charge is 2.26.